The van der Waals surface area contributed by atoms with Crippen molar-refractivity contribution in [2.45, 2.75) is 20.4 Å². The van der Waals surface area contributed by atoms with Gasteiger partial charge >= 0.3 is 0 Å². The van der Waals surface area contributed by atoms with E-state index >= 15 is 0 Å². The van der Waals surface area contributed by atoms with Gasteiger partial charge in [-0.1, -0.05) is 37.6 Å². The van der Waals surface area contributed by atoms with E-state index in [9.17, 15) is 8.42 Å². The van der Waals surface area contributed by atoms with E-state index in [1.54, 1.807) is 19.2 Å². The highest BCUT2D eigenvalue weighted by atomic mass is 35.5. The predicted octanol–water partition coefficient (Wildman–Crippen LogP) is 2.36. The molecule has 0 bridgehead atoms. The molecule has 0 aromatic heterocycles. The molecule has 0 fully saturated rings. The Hall–Kier alpha value is -0.620. The number of halogens is 1. The lowest BCUT2D eigenvalue weighted by molar-refractivity contribution is 0.375. The Morgan fingerprint density at radius 2 is 1.61 bits per heavy atom. The van der Waals surface area contributed by atoms with Gasteiger partial charge in [-0.3, -0.25) is 0 Å². The second-order valence-electron chi connectivity index (χ2n) is 3.97. The third-order valence-electron chi connectivity index (χ3n) is 2.74. The first-order chi connectivity index (χ1) is 8.41. The maximum atomic E-state index is 12.2. The molecular formula is C12H19ClN2O2S. The van der Waals surface area contributed by atoms with E-state index in [2.05, 4.69) is 0 Å². The first-order valence-electron chi connectivity index (χ1n) is 5.87. The largest absolute Gasteiger partial charge is 0.282 e. The summed E-state index contributed by atoms with van der Waals surface area (Å²) in [6.45, 7) is 4.96. The average molecular weight is 291 g/mol. The molecule has 1 rings (SSSR count). The van der Waals surface area contributed by atoms with Crippen molar-refractivity contribution in [1.29, 1.82) is 0 Å². The Balaban J connectivity index is 2.81. The molecular weight excluding hydrogens is 272 g/mol. The lowest BCUT2D eigenvalue weighted by Crippen LogP contribution is -2.41. The Morgan fingerprint density at radius 1 is 1.11 bits per heavy atom. The number of nitrogens with zero attached hydrogens (tertiary/aromatic N) is 2. The number of benzene rings is 1. The Bertz CT molecular complexity index is 469. The van der Waals surface area contributed by atoms with Crippen LogP contribution >= 0.6 is 11.6 Å². The van der Waals surface area contributed by atoms with Gasteiger partial charge in [0.2, 0.25) is 0 Å². The summed E-state index contributed by atoms with van der Waals surface area (Å²) in [5, 5.41) is 0.646. The van der Waals surface area contributed by atoms with Gasteiger partial charge in [-0.25, -0.2) is 0 Å². The molecule has 1 aromatic carbocycles. The molecule has 0 amide bonds. The van der Waals surface area contributed by atoms with Crippen LogP contribution in [-0.4, -0.2) is 37.2 Å². The van der Waals surface area contributed by atoms with Gasteiger partial charge in [0, 0.05) is 31.7 Å². The van der Waals surface area contributed by atoms with Crippen LogP contribution in [0.15, 0.2) is 24.3 Å². The second kappa shape index (κ2) is 6.52. The van der Waals surface area contributed by atoms with E-state index in [1.165, 1.54) is 8.61 Å². The molecule has 1 aromatic rings. The van der Waals surface area contributed by atoms with Gasteiger partial charge in [-0.05, 0) is 17.7 Å². The normalized spacial score (nSPS) is 12.3. The van der Waals surface area contributed by atoms with Crippen molar-refractivity contribution in [3.63, 3.8) is 0 Å². The number of hydrogen-bond donors (Lipinski definition) is 0. The zero-order valence-corrected chi connectivity index (χ0v) is 12.5. The molecule has 0 spiro atoms. The van der Waals surface area contributed by atoms with Crippen LogP contribution in [0.4, 0.5) is 0 Å². The van der Waals surface area contributed by atoms with Crippen LogP contribution in [0.5, 0.6) is 0 Å². The molecule has 0 saturated heterocycles. The molecule has 0 unspecified atom stereocenters. The fourth-order valence-corrected chi connectivity index (χ4v) is 3.16. The van der Waals surface area contributed by atoms with E-state index in [4.69, 9.17) is 11.6 Å². The van der Waals surface area contributed by atoms with Crippen molar-refractivity contribution in [2.24, 2.45) is 0 Å². The van der Waals surface area contributed by atoms with Crippen molar-refractivity contribution in [2.75, 3.05) is 20.1 Å². The van der Waals surface area contributed by atoms with Gasteiger partial charge in [0.05, 0.1) is 0 Å². The van der Waals surface area contributed by atoms with Gasteiger partial charge in [-0.15, -0.1) is 0 Å². The van der Waals surface area contributed by atoms with E-state index in [-0.39, 0.29) is 0 Å². The van der Waals surface area contributed by atoms with Crippen molar-refractivity contribution >= 4 is 21.8 Å². The topological polar surface area (TPSA) is 40.6 Å². The zero-order chi connectivity index (χ0) is 13.8. The molecule has 102 valence electrons. The lowest BCUT2D eigenvalue weighted by Gasteiger charge is -2.25. The molecule has 6 heteroatoms. The zero-order valence-electron chi connectivity index (χ0n) is 10.9. The maximum absolute atomic E-state index is 12.2. The minimum atomic E-state index is -3.38. The summed E-state index contributed by atoms with van der Waals surface area (Å²) in [5.74, 6) is 0. The molecule has 0 heterocycles. The smallest absolute Gasteiger partial charge is 0.195 e. The molecule has 0 radical (unpaired) electrons. The highest BCUT2D eigenvalue weighted by Crippen LogP contribution is 2.14. The maximum Gasteiger partial charge on any atom is 0.282 e. The van der Waals surface area contributed by atoms with Crippen molar-refractivity contribution in [3.8, 4) is 0 Å². The van der Waals surface area contributed by atoms with E-state index < -0.39 is 10.2 Å². The van der Waals surface area contributed by atoms with Crippen LogP contribution in [0.25, 0.3) is 0 Å². The molecule has 4 nitrogen and oxygen atoms in total. The van der Waals surface area contributed by atoms with Crippen LogP contribution in [0.2, 0.25) is 5.02 Å². The lowest BCUT2D eigenvalue weighted by atomic mass is 10.2. The van der Waals surface area contributed by atoms with Gasteiger partial charge in [0.1, 0.15) is 0 Å². The first-order valence-corrected chi connectivity index (χ1v) is 7.65. The predicted molar refractivity (Wildman–Crippen MR) is 74.8 cm³/mol. The van der Waals surface area contributed by atoms with Crippen LogP contribution < -0.4 is 0 Å². The Morgan fingerprint density at radius 3 is 2.06 bits per heavy atom. The van der Waals surface area contributed by atoms with Crippen molar-refractivity contribution in [3.05, 3.63) is 34.9 Å². The SMILES string of the molecule is CCN(CC)S(=O)(=O)N(C)Cc1ccc(Cl)cc1. The Kier molecular flexibility index (Phi) is 5.59. The highest BCUT2D eigenvalue weighted by molar-refractivity contribution is 7.86. The third-order valence-corrected chi connectivity index (χ3v) is 5.08. The summed E-state index contributed by atoms with van der Waals surface area (Å²) in [6, 6.07) is 7.18. The summed E-state index contributed by atoms with van der Waals surface area (Å²) >= 11 is 5.79. The van der Waals surface area contributed by atoms with Gasteiger partial charge in [0.15, 0.2) is 0 Å². The van der Waals surface area contributed by atoms with Crippen molar-refractivity contribution in [1.82, 2.24) is 8.61 Å². The van der Waals surface area contributed by atoms with Crippen LogP contribution in [0, 0.1) is 0 Å². The van der Waals surface area contributed by atoms with Gasteiger partial charge < -0.3 is 0 Å². The average Bonchev–Trinajstić information content (AvgIpc) is 2.33. The number of hydrogen-bond acceptors (Lipinski definition) is 2. The van der Waals surface area contributed by atoms with Crippen LogP contribution in [-0.2, 0) is 16.8 Å². The monoisotopic (exact) mass is 290 g/mol. The minimum absolute atomic E-state index is 0.343. The summed E-state index contributed by atoms with van der Waals surface area (Å²) in [4.78, 5) is 0. The molecule has 0 aliphatic carbocycles. The van der Waals surface area contributed by atoms with Crippen LogP contribution in [0.3, 0.4) is 0 Å². The van der Waals surface area contributed by atoms with E-state index in [0.29, 0.717) is 24.7 Å². The number of rotatable bonds is 6. The standard InChI is InChI=1S/C12H19ClN2O2S/c1-4-15(5-2)18(16,17)14(3)10-11-6-8-12(13)9-7-11/h6-9H,4-5,10H2,1-3H3. The van der Waals surface area contributed by atoms with Crippen molar-refractivity contribution < 1.29 is 8.42 Å². The quantitative estimate of drug-likeness (QED) is 0.807. The minimum Gasteiger partial charge on any atom is -0.195 e. The second-order valence-corrected chi connectivity index (χ2v) is 6.45. The van der Waals surface area contributed by atoms with E-state index in [0.717, 1.165) is 5.56 Å². The molecule has 0 aliphatic heterocycles. The summed E-state index contributed by atoms with van der Waals surface area (Å²) in [6.07, 6.45) is 0. The summed E-state index contributed by atoms with van der Waals surface area (Å²) < 4.78 is 27.2. The fraction of sp³-hybridized carbons (Fsp3) is 0.500. The highest BCUT2D eigenvalue weighted by Gasteiger charge is 2.24. The van der Waals surface area contributed by atoms with Crippen LogP contribution in [0.1, 0.15) is 19.4 Å². The molecule has 0 aliphatic rings. The van der Waals surface area contributed by atoms with Gasteiger partial charge in [-0.2, -0.15) is 17.0 Å². The molecule has 0 saturated carbocycles. The third kappa shape index (κ3) is 3.68. The Labute approximate surface area is 114 Å². The molecule has 0 atom stereocenters. The first kappa shape index (κ1) is 15.4. The molecule has 0 N–H and O–H groups in total. The summed E-state index contributed by atoms with van der Waals surface area (Å²) in [7, 11) is -1.79. The fourth-order valence-electron chi connectivity index (χ4n) is 1.68. The summed E-state index contributed by atoms with van der Waals surface area (Å²) in [5.41, 5.74) is 0.914. The molecule has 18 heavy (non-hydrogen) atoms. The van der Waals surface area contributed by atoms with Gasteiger partial charge in [0.25, 0.3) is 10.2 Å². The van der Waals surface area contributed by atoms with E-state index in [1.807, 2.05) is 26.0 Å².